The van der Waals surface area contributed by atoms with Crippen molar-refractivity contribution in [3.8, 4) is 5.75 Å². The molecule has 0 unspecified atom stereocenters. The maximum absolute atomic E-state index is 7.77. The van der Waals surface area contributed by atoms with Crippen LogP contribution < -0.4 is 4.74 Å². The van der Waals surface area contributed by atoms with E-state index in [1.165, 1.54) is 0 Å². The summed E-state index contributed by atoms with van der Waals surface area (Å²) in [6.45, 7) is 3.67. The van der Waals surface area contributed by atoms with Gasteiger partial charge in [-0.05, 0) is 61.7 Å². The molecule has 0 aliphatic rings. The van der Waals surface area contributed by atoms with Crippen LogP contribution in [0.25, 0.3) is 0 Å². The fraction of sp³-hybridized carbons (Fsp3) is 0.391. The fourth-order valence-corrected chi connectivity index (χ4v) is 2.54. The van der Waals surface area contributed by atoms with Gasteiger partial charge in [0.2, 0.25) is 0 Å². The van der Waals surface area contributed by atoms with Gasteiger partial charge in [0.05, 0.1) is 19.4 Å². The second-order valence-electron chi connectivity index (χ2n) is 6.44. The summed E-state index contributed by atoms with van der Waals surface area (Å²) in [5.74, 6) is 0.905. The van der Waals surface area contributed by atoms with E-state index in [9.17, 15) is 0 Å². The van der Waals surface area contributed by atoms with Crippen molar-refractivity contribution >= 4 is 12.1 Å². The van der Waals surface area contributed by atoms with Crippen LogP contribution in [-0.4, -0.2) is 31.9 Å². The lowest BCUT2D eigenvalue weighted by atomic mass is 10.1. The molecule has 0 aliphatic heterocycles. The van der Waals surface area contributed by atoms with Gasteiger partial charge in [0, 0.05) is 5.56 Å². The molecule has 0 aliphatic carbocycles. The Kier molecular flexibility index (Phi) is 11.0. The third-order valence-corrected chi connectivity index (χ3v) is 4.10. The van der Waals surface area contributed by atoms with Crippen LogP contribution in [0.2, 0.25) is 0 Å². The van der Waals surface area contributed by atoms with E-state index < -0.39 is 0 Å². The first-order valence-electron chi connectivity index (χ1n) is 10.1. The maximum atomic E-state index is 7.77. The molecular formula is C23H30N2O4. The van der Waals surface area contributed by atoms with Crippen LogP contribution >= 0.6 is 0 Å². The zero-order valence-corrected chi connectivity index (χ0v) is 17.0. The molecule has 0 heterocycles. The Labute approximate surface area is 172 Å². The lowest BCUT2D eigenvalue weighted by molar-refractivity contribution is -0.222. The van der Waals surface area contributed by atoms with Crippen LogP contribution in [0.3, 0.4) is 0 Å². The fourth-order valence-electron chi connectivity index (χ4n) is 2.54. The molecule has 0 spiro atoms. The topological polar surface area (TPSA) is 73.1 Å². The van der Waals surface area contributed by atoms with Gasteiger partial charge >= 0.3 is 0 Å². The van der Waals surface area contributed by atoms with Gasteiger partial charge in [-0.25, -0.2) is 0 Å². The van der Waals surface area contributed by atoms with Gasteiger partial charge in [-0.3, -0.25) is 5.41 Å². The van der Waals surface area contributed by atoms with Crippen molar-refractivity contribution in [3.05, 3.63) is 65.7 Å². The Morgan fingerprint density at radius 3 is 2.31 bits per heavy atom. The van der Waals surface area contributed by atoms with Crippen LogP contribution in [-0.2, 0) is 14.6 Å². The maximum Gasteiger partial charge on any atom is 0.256 e. The van der Waals surface area contributed by atoms with Gasteiger partial charge in [0.1, 0.15) is 12.4 Å². The Balaban J connectivity index is 1.44. The van der Waals surface area contributed by atoms with E-state index in [-0.39, 0.29) is 5.90 Å². The van der Waals surface area contributed by atoms with E-state index >= 15 is 0 Å². The van der Waals surface area contributed by atoms with E-state index in [2.05, 4.69) is 5.16 Å². The predicted molar refractivity (Wildman–Crippen MR) is 115 cm³/mol. The summed E-state index contributed by atoms with van der Waals surface area (Å²) in [4.78, 5) is 15.1. The molecule has 1 N–H and O–H groups in total. The zero-order chi connectivity index (χ0) is 20.6. The summed E-state index contributed by atoms with van der Waals surface area (Å²) in [6, 6.07) is 17.1. The molecule has 2 rings (SSSR count). The highest BCUT2D eigenvalue weighted by Crippen LogP contribution is 2.12. The second kappa shape index (κ2) is 14.2. The summed E-state index contributed by atoms with van der Waals surface area (Å²) in [5.41, 5.74) is 1.69. The Morgan fingerprint density at radius 1 is 0.897 bits per heavy atom. The van der Waals surface area contributed by atoms with Crippen molar-refractivity contribution in [1.82, 2.24) is 0 Å². The highest BCUT2D eigenvalue weighted by molar-refractivity contribution is 5.90. The summed E-state index contributed by atoms with van der Waals surface area (Å²) in [7, 11) is 0. The molecule has 0 atom stereocenters. The summed E-state index contributed by atoms with van der Waals surface area (Å²) in [5, 5.41) is 11.6. The third-order valence-electron chi connectivity index (χ3n) is 4.10. The molecule has 0 saturated heterocycles. The molecular weight excluding hydrogens is 368 g/mol. The van der Waals surface area contributed by atoms with Crippen molar-refractivity contribution in [1.29, 1.82) is 5.41 Å². The van der Waals surface area contributed by atoms with Crippen LogP contribution in [0.5, 0.6) is 5.75 Å². The van der Waals surface area contributed by atoms with Crippen LogP contribution in [0.15, 0.2) is 59.8 Å². The number of nitrogens with zero attached hydrogens (tertiary/aromatic N) is 1. The Morgan fingerprint density at radius 2 is 1.59 bits per heavy atom. The zero-order valence-electron chi connectivity index (χ0n) is 17.0. The van der Waals surface area contributed by atoms with Gasteiger partial charge in [-0.2, -0.15) is 4.89 Å². The number of benzene rings is 2. The van der Waals surface area contributed by atoms with E-state index in [4.69, 9.17) is 24.8 Å². The highest BCUT2D eigenvalue weighted by Gasteiger charge is 2.02. The average Bonchev–Trinajstić information content (AvgIpc) is 2.76. The van der Waals surface area contributed by atoms with E-state index in [1.807, 2.05) is 61.5 Å². The number of hydrogen-bond donors (Lipinski definition) is 1. The molecule has 0 saturated carbocycles. The van der Waals surface area contributed by atoms with Crippen molar-refractivity contribution in [3.63, 3.8) is 0 Å². The number of rotatable bonds is 14. The van der Waals surface area contributed by atoms with Crippen molar-refractivity contribution in [2.24, 2.45) is 5.16 Å². The van der Waals surface area contributed by atoms with Crippen molar-refractivity contribution < 1.29 is 19.3 Å². The van der Waals surface area contributed by atoms with E-state index in [1.54, 1.807) is 6.21 Å². The quantitative estimate of drug-likeness (QED) is 0.153. The first-order valence-corrected chi connectivity index (χ1v) is 10.1. The van der Waals surface area contributed by atoms with Gasteiger partial charge < -0.3 is 14.5 Å². The number of unbranched alkanes of at least 4 members (excludes halogenated alkanes) is 4. The van der Waals surface area contributed by atoms with Crippen LogP contribution in [0.4, 0.5) is 0 Å². The minimum absolute atomic E-state index is 0.0392. The number of oxime groups is 1. The molecule has 0 amide bonds. The molecule has 2 aromatic rings. The minimum Gasteiger partial charge on any atom is -0.494 e. The monoisotopic (exact) mass is 398 g/mol. The molecule has 29 heavy (non-hydrogen) atoms. The molecule has 156 valence electrons. The second-order valence-corrected chi connectivity index (χ2v) is 6.44. The molecule has 0 radical (unpaired) electrons. The molecule has 6 nitrogen and oxygen atoms in total. The van der Waals surface area contributed by atoms with Crippen molar-refractivity contribution in [2.45, 2.75) is 39.0 Å². The third kappa shape index (κ3) is 9.76. The standard InChI is InChI=1S/C23H30N2O4/c1-2-27-25-19-20-13-15-22(16-14-20)26-17-9-4-3-5-10-18-28-29-23(24)21-11-7-6-8-12-21/h6-8,11-16,19,24H,2-5,9-10,17-18H2,1H3/b24-23?,25-19+. The van der Waals surface area contributed by atoms with Gasteiger partial charge in [-0.1, -0.05) is 42.6 Å². The summed E-state index contributed by atoms with van der Waals surface area (Å²) in [6.07, 6.45) is 6.91. The van der Waals surface area contributed by atoms with Gasteiger partial charge in [0.15, 0.2) is 0 Å². The predicted octanol–water partition coefficient (Wildman–Crippen LogP) is 5.36. The van der Waals surface area contributed by atoms with Gasteiger partial charge in [0.25, 0.3) is 5.90 Å². The molecule has 0 aromatic heterocycles. The summed E-state index contributed by atoms with van der Waals surface area (Å²) < 4.78 is 5.76. The van der Waals surface area contributed by atoms with Crippen LogP contribution in [0, 0.1) is 5.41 Å². The van der Waals surface area contributed by atoms with E-state index in [0.29, 0.717) is 25.4 Å². The first-order chi connectivity index (χ1) is 14.3. The number of nitrogens with one attached hydrogen (secondary N) is 1. The smallest absolute Gasteiger partial charge is 0.256 e. The normalized spacial score (nSPS) is 10.8. The Bertz CT molecular complexity index is 717. The molecule has 0 bridgehead atoms. The minimum atomic E-state index is 0.0392. The Hall–Kier alpha value is -2.86. The van der Waals surface area contributed by atoms with Crippen molar-refractivity contribution in [2.75, 3.05) is 19.8 Å². The largest absolute Gasteiger partial charge is 0.494 e. The average molecular weight is 399 g/mol. The van der Waals surface area contributed by atoms with Gasteiger partial charge in [-0.15, -0.1) is 0 Å². The molecule has 0 fully saturated rings. The highest BCUT2D eigenvalue weighted by atomic mass is 17.2. The molecule has 6 heteroatoms. The lowest BCUT2D eigenvalue weighted by Crippen LogP contribution is -2.06. The number of hydrogen-bond acceptors (Lipinski definition) is 6. The number of ether oxygens (including phenoxy) is 1. The first kappa shape index (κ1) is 22.4. The van der Waals surface area contributed by atoms with E-state index in [0.717, 1.165) is 43.4 Å². The molecule has 2 aromatic carbocycles. The summed E-state index contributed by atoms with van der Waals surface area (Å²) >= 11 is 0. The lowest BCUT2D eigenvalue weighted by Gasteiger charge is -2.07. The SMILES string of the molecule is CCO/N=C/c1ccc(OCCCCCCCOOC(=N)c2ccccc2)cc1. The van der Waals surface area contributed by atoms with Crippen LogP contribution in [0.1, 0.15) is 50.2 Å².